The molecule has 1 atom stereocenters. The molecule has 90 valence electrons. The van der Waals surface area contributed by atoms with Crippen molar-refractivity contribution in [3.8, 4) is 0 Å². The monoisotopic (exact) mass is 237 g/mol. The Morgan fingerprint density at radius 1 is 0.944 bits per heavy atom. The maximum Gasteiger partial charge on any atom is 0.0871 e. The van der Waals surface area contributed by atoms with Gasteiger partial charge in [0.1, 0.15) is 0 Å². The van der Waals surface area contributed by atoms with Crippen LogP contribution in [0.2, 0.25) is 0 Å². The summed E-state index contributed by atoms with van der Waals surface area (Å²) in [5.74, 6) is 0.410. The Morgan fingerprint density at radius 3 is 2.44 bits per heavy atom. The van der Waals surface area contributed by atoms with Crippen LogP contribution >= 0.6 is 0 Å². The molecule has 0 heterocycles. The van der Waals surface area contributed by atoms with Gasteiger partial charge in [0.25, 0.3) is 0 Å². The molecule has 2 aromatic rings. The quantitative estimate of drug-likeness (QED) is 0.594. The highest BCUT2D eigenvalue weighted by Gasteiger charge is 2.25. The second-order valence-corrected chi connectivity index (χ2v) is 4.64. The van der Waals surface area contributed by atoms with Gasteiger partial charge in [-0.3, -0.25) is 0 Å². The van der Waals surface area contributed by atoms with Crippen LogP contribution in [-0.2, 0) is 0 Å². The summed E-state index contributed by atoms with van der Waals surface area (Å²) in [5, 5.41) is 12.5. The minimum absolute atomic E-state index is 0.410. The van der Waals surface area contributed by atoms with Crippen molar-refractivity contribution in [3.63, 3.8) is 0 Å². The van der Waals surface area contributed by atoms with Gasteiger partial charge in [-0.15, -0.1) is 0 Å². The van der Waals surface area contributed by atoms with E-state index in [2.05, 4.69) is 41.6 Å². The lowest BCUT2D eigenvalue weighted by Gasteiger charge is -2.26. The summed E-state index contributed by atoms with van der Waals surface area (Å²) in [5.41, 5.74) is 4.49. The second-order valence-electron chi connectivity index (χ2n) is 4.64. The molecule has 0 fully saturated rings. The molecule has 3 rings (SSSR count). The molecule has 1 aliphatic rings. The van der Waals surface area contributed by atoms with Crippen LogP contribution in [0.4, 0.5) is 0 Å². The highest BCUT2D eigenvalue weighted by atomic mass is 16.4. The molecule has 0 bridgehead atoms. The van der Waals surface area contributed by atoms with Crippen molar-refractivity contribution in [3.05, 3.63) is 71.3 Å². The van der Waals surface area contributed by atoms with Crippen molar-refractivity contribution >= 4 is 5.71 Å². The van der Waals surface area contributed by atoms with Crippen LogP contribution in [0, 0.1) is 0 Å². The molecule has 0 saturated carbocycles. The molecular formula is C16H15NO. The topological polar surface area (TPSA) is 32.6 Å². The Kier molecular flexibility index (Phi) is 2.85. The Bertz CT molecular complexity index is 575. The van der Waals surface area contributed by atoms with E-state index in [9.17, 15) is 0 Å². The molecule has 0 spiro atoms. The van der Waals surface area contributed by atoms with Crippen molar-refractivity contribution in [2.45, 2.75) is 18.8 Å². The van der Waals surface area contributed by atoms with Gasteiger partial charge in [-0.05, 0) is 24.0 Å². The predicted molar refractivity (Wildman–Crippen MR) is 72.3 cm³/mol. The van der Waals surface area contributed by atoms with Crippen molar-refractivity contribution in [2.75, 3.05) is 0 Å². The highest BCUT2D eigenvalue weighted by Crippen LogP contribution is 2.36. The Labute approximate surface area is 107 Å². The Morgan fingerprint density at radius 2 is 1.67 bits per heavy atom. The van der Waals surface area contributed by atoms with Gasteiger partial charge in [0.15, 0.2) is 0 Å². The summed E-state index contributed by atoms with van der Waals surface area (Å²) in [7, 11) is 0. The molecule has 0 aliphatic heterocycles. The predicted octanol–water partition coefficient (Wildman–Crippen LogP) is 3.79. The second kappa shape index (κ2) is 4.65. The van der Waals surface area contributed by atoms with E-state index in [1.165, 1.54) is 11.1 Å². The third kappa shape index (κ3) is 1.80. The van der Waals surface area contributed by atoms with Crippen LogP contribution in [0.25, 0.3) is 0 Å². The van der Waals surface area contributed by atoms with Crippen molar-refractivity contribution in [2.24, 2.45) is 5.16 Å². The molecule has 18 heavy (non-hydrogen) atoms. The first-order chi connectivity index (χ1) is 8.90. The smallest absolute Gasteiger partial charge is 0.0871 e. The molecule has 1 N–H and O–H groups in total. The fraction of sp³-hybridized carbons (Fsp3) is 0.188. The van der Waals surface area contributed by atoms with Crippen LogP contribution in [0.1, 0.15) is 35.4 Å². The average molecular weight is 237 g/mol. The molecular weight excluding hydrogens is 222 g/mol. The van der Waals surface area contributed by atoms with E-state index in [0.29, 0.717) is 5.92 Å². The van der Waals surface area contributed by atoms with Crippen LogP contribution in [0.5, 0.6) is 0 Å². The summed E-state index contributed by atoms with van der Waals surface area (Å²) >= 11 is 0. The molecule has 0 saturated heterocycles. The highest BCUT2D eigenvalue weighted by molar-refractivity contribution is 6.02. The first-order valence-corrected chi connectivity index (χ1v) is 6.25. The lowest BCUT2D eigenvalue weighted by Crippen LogP contribution is -2.17. The van der Waals surface area contributed by atoms with Crippen LogP contribution in [0.3, 0.4) is 0 Å². The molecule has 2 aromatic carbocycles. The third-order valence-corrected chi connectivity index (χ3v) is 3.64. The summed E-state index contributed by atoms with van der Waals surface area (Å²) in [4.78, 5) is 0. The first kappa shape index (κ1) is 11.0. The number of benzene rings is 2. The zero-order valence-corrected chi connectivity index (χ0v) is 10.1. The largest absolute Gasteiger partial charge is 0.411 e. The van der Waals surface area contributed by atoms with E-state index in [-0.39, 0.29) is 0 Å². The minimum atomic E-state index is 0.410. The Hall–Kier alpha value is -2.09. The van der Waals surface area contributed by atoms with E-state index < -0.39 is 0 Å². The molecule has 2 nitrogen and oxygen atoms in total. The summed E-state index contributed by atoms with van der Waals surface area (Å²) in [6.07, 6.45) is 1.83. The molecule has 0 radical (unpaired) electrons. The standard InChI is InChI=1S/C16H15NO/c18-17-16-11-10-13(12-6-2-1-3-7-12)14-8-4-5-9-15(14)16/h1-9,13,18H,10-11H2/t13-/m1/s1. The lowest BCUT2D eigenvalue weighted by atomic mass is 9.78. The van der Waals surface area contributed by atoms with Crippen molar-refractivity contribution in [1.29, 1.82) is 0 Å². The van der Waals surface area contributed by atoms with E-state index >= 15 is 0 Å². The number of fused-ring (bicyclic) bond motifs is 1. The number of nitrogens with zero attached hydrogens (tertiary/aromatic N) is 1. The van der Waals surface area contributed by atoms with E-state index in [0.717, 1.165) is 24.1 Å². The fourth-order valence-electron chi connectivity index (χ4n) is 2.77. The van der Waals surface area contributed by atoms with Gasteiger partial charge in [-0.2, -0.15) is 0 Å². The molecule has 1 aliphatic carbocycles. The van der Waals surface area contributed by atoms with Gasteiger partial charge >= 0.3 is 0 Å². The van der Waals surface area contributed by atoms with Crippen LogP contribution in [-0.4, -0.2) is 10.9 Å². The van der Waals surface area contributed by atoms with Crippen molar-refractivity contribution < 1.29 is 5.21 Å². The van der Waals surface area contributed by atoms with Gasteiger partial charge in [0.2, 0.25) is 0 Å². The van der Waals surface area contributed by atoms with Crippen molar-refractivity contribution in [1.82, 2.24) is 0 Å². The normalized spacial score (nSPS) is 20.7. The van der Waals surface area contributed by atoms with E-state index in [1.54, 1.807) is 0 Å². The van der Waals surface area contributed by atoms with E-state index in [1.807, 2.05) is 18.2 Å². The third-order valence-electron chi connectivity index (χ3n) is 3.64. The average Bonchev–Trinajstić information content (AvgIpc) is 2.47. The van der Waals surface area contributed by atoms with Gasteiger partial charge in [-0.25, -0.2) is 0 Å². The summed E-state index contributed by atoms with van der Waals surface area (Å²) in [6, 6.07) is 18.8. The number of rotatable bonds is 1. The maximum atomic E-state index is 9.08. The fourth-order valence-corrected chi connectivity index (χ4v) is 2.77. The number of oxime groups is 1. The number of hydrogen-bond acceptors (Lipinski definition) is 2. The SMILES string of the molecule is ON=C1CC[C@H](c2ccccc2)c2ccccc21. The molecule has 0 aromatic heterocycles. The van der Waals surface area contributed by atoms with Gasteiger partial charge in [0, 0.05) is 11.5 Å². The van der Waals surface area contributed by atoms with Crippen LogP contribution < -0.4 is 0 Å². The minimum Gasteiger partial charge on any atom is -0.411 e. The zero-order valence-electron chi connectivity index (χ0n) is 10.1. The Balaban J connectivity index is 2.10. The molecule has 0 amide bonds. The van der Waals surface area contributed by atoms with Gasteiger partial charge in [0.05, 0.1) is 5.71 Å². The summed E-state index contributed by atoms with van der Waals surface area (Å²) < 4.78 is 0. The van der Waals surface area contributed by atoms with Crippen LogP contribution in [0.15, 0.2) is 59.8 Å². The summed E-state index contributed by atoms with van der Waals surface area (Å²) in [6.45, 7) is 0. The molecule has 0 unspecified atom stereocenters. The molecule has 2 heteroatoms. The van der Waals surface area contributed by atoms with Gasteiger partial charge in [-0.1, -0.05) is 59.8 Å². The van der Waals surface area contributed by atoms with E-state index in [4.69, 9.17) is 5.21 Å². The zero-order chi connectivity index (χ0) is 12.4. The number of hydrogen-bond donors (Lipinski definition) is 1. The maximum absolute atomic E-state index is 9.08. The van der Waals surface area contributed by atoms with Gasteiger partial charge < -0.3 is 5.21 Å². The lowest BCUT2D eigenvalue weighted by molar-refractivity contribution is 0.317. The first-order valence-electron chi connectivity index (χ1n) is 6.25.